The summed E-state index contributed by atoms with van der Waals surface area (Å²) in [6, 6.07) is 10.5. The van der Waals surface area contributed by atoms with E-state index in [0.29, 0.717) is 13.2 Å². The average molecular weight is 249 g/mol. The first kappa shape index (κ1) is 14.7. The second kappa shape index (κ2) is 7.88. The van der Waals surface area contributed by atoms with Crippen LogP contribution in [0.25, 0.3) is 0 Å². The topological polar surface area (TPSA) is 29.5 Å². The van der Waals surface area contributed by atoms with Crippen LogP contribution in [0.5, 0.6) is 0 Å². The van der Waals surface area contributed by atoms with Crippen molar-refractivity contribution in [2.75, 3.05) is 19.7 Å². The summed E-state index contributed by atoms with van der Waals surface area (Å²) in [5.41, 5.74) is 1.23. The zero-order valence-corrected chi connectivity index (χ0v) is 11.6. The lowest BCUT2D eigenvalue weighted by Gasteiger charge is -2.28. The van der Waals surface area contributed by atoms with Crippen LogP contribution in [-0.4, -0.2) is 30.6 Å². The van der Waals surface area contributed by atoms with E-state index in [2.05, 4.69) is 30.9 Å². The van der Waals surface area contributed by atoms with Crippen LogP contribution in [0.3, 0.4) is 0 Å². The Morgan fingerprint density at radius 2 is 1.94 bits per heavy atom. The number of hydrogen-bond donors (Lipinski definition) is 0. The van der Waals surface area contributed by atoms with Gasteiger partial charge in [-0.2, -0.15) is 0 Å². The number of hydrogen-bond acceptors (Lipinski definition) is 3. The van der Waals surface area contributed by atoms with Gasteiger partial charge in [0.15, 0.2) is 0 Å². The minimum atomic E-state index is -0.145. The standard InChI is InChI=1S/C15H23NO2/c1-4-11-16(12-15(17)18-5-2)13(3)14-9-7-6-8-10-14/h6-10,13H,4-5,11-12H2,1-3H3. The molecule has 0 aliphatic rings. The molecule has 1 aromatic carbocycles. The van der Waals surface area contributed by atoms with Gasteiger partial charge in [-0.15, -0.1) is 0 Å². The van der Waals surface area contributed by atoms with E-state index in [1.807, 2.05) is 25.1 Å². The van der Waals surface area contributed by atoms with E-state index in [-0.39, 0.29) is 12.0 Å². The van der Waals surface area contributed by atoms with Crippen molar-refractivity contribution < 1.29 is 9.53 Å². The Bertz CT molecular complexity index is 351. The molecular formula is C15H23NO2. The second-order valence-corrected chi connectivity index (χ2v) is 4.36. The van der Waals surface area contributed by atoms with Gasteiger partial charge in [0.25, 0.3) is 0 Å². The molecule has 0 saturated carbocycles. The average Bonchev–Trinajstić information content (AvgIpc) is 2.39. The lowest BCUT2D eigenvalue weighted by molar-refractivity contribution is -0.145. The van der Waals surface area contributed by atoms with Crippen molar-refractivity contribution in [3.05, 3.63) is 35.9 Å². The quantitative estimate of drug-likeness (QED) is 0.696. The van der Waals surface area contributed by atoms with Crippen molar-refractivity contribution in [3.8, 4) is 0 Å². The highest BCUT2D eigenvalue weighted by Crippen LogP contribution is 2.19. The summed E-state index contributed by atoms with van der Waals surface area (Å²) < 4.78 is 5.02. The molecule has 0 aliphatic carbocycles. The lowest BCUT2D eigenvalue weighted by atomic mass is 10.1. The van der Waals surface area contributed by atoms with Gasteiger partial charge in [0.2, 0.25) is 0 Å². The summed E-state index contributed by atoms with van der Waals surface area (Å²) in [7, 11) is 0. The zero-order valence-electron chi connectivity index (χ0n) is 11.6. The van der Waals surface area contributed by atoms with Crippen LogP contribution in [0, 0.1) is 0 Å². The second-order valence-electron chi connectivity index (χ2n) is 4.36. The van der Waals surface area contributed by atoms with Crippen LogP contribution in [0.4, 0.5) is 0 Å². The third-order valence-electron chi connectivity index (χ3n) is 2.98. The monoisotopic (exact) mass is 249 g/mol. The molecule has 1 atom stereocenters. The van der Waals surface area contributed by atoms with Gasteiger partial charge in [0, 0.05) is 6.04 Å². The van der Waals surface area contributed by atoms with Gasteiger partial charge in [-0.1, -0.05) is 37.3 Å². The molecule has 100 valence electrons. The predicted molar refractivity (Wildman–Crippen MR) is 73.4 cm³/mol. The molecule has 1 unspecified atom stereocenters. The van der Waals surface area contributed by atoms with Crippen LogP contribution in [0.2, 0.25) is 0 Å². The lowest BCUT2D eigenvalue weighted by Crippen LogP contribution is -2.34. The van der Waals surface area contributed by atoms with Crippen LogP contribution >= 0.6 is 0 Å². The third kappa shape index (κ3) is 4.49. The summed E-state index contributed by atoms with van der Waals surface area (Å²) in [5, 5.41) is 0. The van der Waals surface area contributed by atoms with Crippen LogP contribution in [0.15, 0.2) is 30.3 Å². The molecule has 0 bridgehead atoms. The maximum atomic E-state index is 11.6. The molecule has 0 heterocycles. The molecule has 0 amide bonds. The van der Waals surface area contributed by atoms with Gasteiger partial charge >= 0.3 is 5.97 Å². The number of benzene rings is 1. The molecule has 0 radical (unpaired) electrons. The third-order valence-corrected chi connectivity index (χ3v) is 2.98. The summed E-state index contributed by atoms with van der Waals surface area (Å²) >= 11 is 0. The Kier molecular flexibility index (Phi) is 6.44. The molecule has 3 nitrogen and oxygen atoms in total. The SMILES string of the molecule is CCCN(CC(=O)OCC)C(C)c1ccccc1. The van der Waals surface area contributed by atoms with Crippen molar-refractivity contribution >= 4 is 5.97 Å². The number of carbonyl (C=O) groups is 1. The van der Waals surface area contributed by atoms with Crippen LogP contribution in [0.1, 0.15) is 38.8 Å². The van der Waals surface area contributed by atoms with E-state index in [4.69, 9.17) is 4.74 Å². The van der Waals surface area contributed by atoms with Crippen molar-refractivity contribution in [3.63, 3.8) is 0 Å². The maximum absolute atomic E-state index is 11.6. The van der Waals surface area contributed by atoms with Crippen LogP contribution in [-0.2, 0) is 9.53 Å². The fourth-order valence-electron chi connectivity index (χ4n) is 2.01. The highest BCUT2D eigenvalue weighted by atomic mass is 16.5. The predicted octanol–water partition coefficient (Wildman–Crippen LogP) is 3.02. The number of esters is 1. The first-order valence-corrected chi connectivity index (χ1v) is 6.63. The van der Waals surface area contributed by atoms with Crippen molar-refractivity contribution in [2.24, 2.45) is 0 Å². The molecule has 0 N–H and O–H groups in total. The van der Waals surface area contributed by atoms with Gasteiger partial charge in [-0.05, 0) is 32.4 Å². The molecule has 1 rings (SSSR count). The number of rotatable bonds is 7. The smallest absolute Gasteiger partial charge is 0.320 e. The molecule has 18 heavy (non-hydrogen) atoms. The zero-order chi connectivity index (χ0) is 13.4. The molecule has 1 aromatic rings. The van der Waals surface area contributed by atoms with Gasteiger partial charge in [0.05, 0.1) is 13.2 Å². The van der Waals surface area contributed by atoms with Crippen molar-refractivity contribution in [1.29, 1.82) is 0 Å². The molecular weight excluding hydrogens is 226 g/mol. The van der Waals surface area contributed by atoms with E-state index in [9.17, 15) is 4.79 Å². The first-order valence-electron chi connectivity index (χ1n) is 6.63. The highest BCUT2D eigenvalue weighted by molar-refractivity contribution is 5.71. The molecule has 0 fully saturated rings. The summed E-state index contributed by atoms with van der Waals surface area (Å²) in [6.07, 6.45) is 1.02. The molecule has 0 aliphatic heterocycles. The highest BCUT2D eigenvalue weighted by Gasteiger charge is 2.18. The van der Waals surface area contributed by atoms with E-state index in [1.165, 1.54) is 5.56 Å². The van der Waals surface area contributed by atoms with Crippen molar-refractivity contribution in [2.45, 2.75) is 33.2 Å². The van der Waals surface area contributed by atoms with Gasteiger partial charge < -0.3 is 4.74 Å². The Hall–Kier alpha value is -1.35. The molecule has 3 heteroatoms. The van der Waals surface area contributed by atoms with Gasteiger partial charge in [0.1, 0.15) is 0 Å². The Balaban J connectivity index is 2.69. The maximum Gasteiger partial charge on any atom is 0.320 e. The minimum Gasteiger partial charge on any atom is -0.465 e. The molecule has 0 spiro atoms. The number of carbonyl (C=O) groups excluding carboxylic acids is 1. The number of ether oxygens (including phenoxy) is 1. The largest absolute Gasteiger partial charge is 0.465 e. The number of nitrogens with zero attached hydrogens (tertiary/aromatic N) is 1. The summed E-state index contributed by atoms with van der Waals surface area (Å²) in [4.78, 5) is 13.8. The van der Waals surface area contributed by atoms with E-state index >= 15 is 0 Å². The van der Waals surface area contributed by atoms with E-state index in [0.717, 1.165) is 13.0 Å². The summed E-state index contributed by atoms with van der Waals surface area (Å²) in [6.45, 7) is 7.79. The minimum absolute atomic E-state index is 0.145. The van der Waals surface area contributed by atoms with E-state index < -0.39 is 0 Å². The molecule has 0 aromatic heterocycles. The normalized spacial score (nSPS) is 12.4. The fourth-order valence-corrected chi connectivity index (χ4v) is 2.01. The Morgan fingerprint density at radius 1 is 1.28 bits per heavy atom. The fraction of sp³-hybridized carbons (Fsp3) is 0.533. The first-order chi connectivity index (χ1) is 8.69. The van der Waals surface area contributed by atoms with Crippen LogP contribution < -0.4 is 0 Å². The molecule has 0 saturated heterocycles. The Morgan fingerprint density at radius 3 is 2.50 bits per heavy atom. The van der Waals surface area contributed by atoms with E-state index in [1.54, 1.807) is 0 Å². The van der Waals surface area contributed by atoms with Gasteiger partial charge in [-0.25, -0.2) is 0 Å². The summed E-state index contributed by atoms with van der Waals surface area (Å²) in [5.74, 6) is -0.145. The van der Waals surface area contributed by atoms with Gasteiger partial charge in [-0.3, -0.25) is 9.69 Å². The Labute approximate surface area is 110 Å². The van der Waals surface area contributed by atoms with Crippen molar-refractivity contribution in [1.82, 2.24) is 4.90 Å².